The molecule has 4 N–H and O–H groups in total. The number of carbonyl (C=O) groups is 4. The second kappa shape index (κ2) is 10.7. The molecule has 11 heteroatoms. The van der Waals surface area contributed by atoms with Gasteiger partial charge in [-0.2, -0.15) is 0 Å². The van der Waals surface area contributed by atoms with Gasteiger partial charge in [-0.15, -0.1) is 0 Å². The van der Waals surface area contributed by atoms with Gasteiger partial charge in [0, 0.05) is 48.1 Å². The minimum absolute atomic E-state index is 0.0888. The van der Waals surface area contributed by atoms with Crippen LogP contribution in [0.5, 0.6) is 0 Å². The van der Waals surface area contributed by atoms with Crippen molar-refractivity contribution in [1.82, 2.24) is 25.5 Å². The summed E-state index contributed by atoms with van der Waals surface area (Å²) < 4.78 is 0. The first-order valence-corrected chi connectivity index (χ1v) is 14.7. The molecule has 2 saturated carbocycles. The first kappa shape index (κ1) is 26.9. The molecule has 218 valence electrons. The van der Waals surface area contributed by atoms with Crippen molar-refractivity contribution in [2.45, 2.75) is 50.6 Å². The van der Waals surface area contributed by atoms with Gasteiger partial charge in [0.05, 0.1) is 34.1 Å². The van der Waals surface area contributed by atoms with Gasteiger partial charge in [0.15, 0.2) is 0 Å². The number of aromatic nitrogens is 2. The van der Waals surface area contributed by atoms with Crippen molar-refractivity contribution in [3.8, 4) is 0 Å². The van der Waals surface area contributed by atoms with Crippen molar-refractivity contribution in [1.29, 1.82) is 5.41 Å². The number of imide groups is 2. The van der Waals surface area contributed by atoms with E-state index in [1.54, 1.807) is 24.4 Å². The van der Waals surface area contributed by atoms with Gasteiger partial charge in [-0.1, -0.05) is 12.1 Å². The van der Waals surface area contributed by atoms with Crippen LogP contribution in [-0.2, 0) is 9.59 Å². The van der Waals surface area contributed by atoms with Crippen LogP contribution in [0.2, 0.25) is 0 Å². The minimum Gasteiger partial charge on any atom is -0.388 e. The molecule has 0 spiro atoms. The second-order valence-electron chi connectivity index (χ2n) is 11.8. The van der Waals surface area contributed by atoms with E-state index in [4.69, 9.17) is 10.4 Å². The second-order valence-corrected chi connectivity index (χ2v) is 11.8. The van der Waals surface area contributed by atoms with E-state index in [1.807, 2.05) is 30.5 Å². The summed E-state index contributed by atoms with van der Waals surface area (Å²) in [6, 6.07) is 12.1. The zero-order valence-corrected chi connectivity index (χ0v) is 23.4. The number of hydrogen-bond donors (Lipinski definition) is 4. The number of allylic oxidation sites excluding steroid dienone is 1. The lowest BCUT2D eigenvalue weighted by atomic mass is 9.80. The molecule has 2 aliphatic heterocycles. The molecule has 0 radical (unpaired) electrons. The normalized spacial score (nSPS) is 23.6. The van der Waals surface area contributed by atoms with Crippen molar-refractivity contribution in [2.24, 2.45) is 11.8 Å². The summed E-state index contributed by atoms with van der Waals surface area (Å²) in [5.41, 5.74) is 5.02. The van der Waals surface area contributed by atoms with Gasteiger partial charge in [0.1, 0.15) is 6.04 Å². The van der Waals surface area contributed by atoms with E-state index in [-0.39, 0.29) is 35.9 Å². The maximum Gasteiger partial charge on any atom is 0.262 e. The van der Waals surface area contributed by atoms with Crippen molar-refractivity contribution in [3.63, 3.8) is 0 Å². The fourth-order valence-electron chi connectivity index (χ4n) is 6.05. The standard InChI is InChI=1S/C32H31N7O4/c33-29(18-5-6-18)23(26-16-36-24-3-1-2-4-25(24)37-26)15-35-20-11-17(12-20)14-34-19-7-8-21-22(13-19)32(43)39(31(21)42)27-9-10-28(40)38-30(27)41/h1-4,7-8,13,15-18,20,27,33-35H,5-6,9-12,14H2,(H,38,40,41)/b23-15-,33-29?. The highest BCUT2D eigenvalue weighted by Gasteiger charge is 2.44. The van der Waals surface area contributed by atoms with E-state index in [1.165, 1.54) is 0 Å². The Morgan fingerprint density at radius 2 is 1.77 bits per heavy atom. The number of nitrogens with zero attached hydrogens (tertiary/aromatic N) is 3. The molecular formula is C32H31N7O4. The van der Waals surface area contributed by atoms with Gasteiger partial charge in [-0.25, -0.2) is 4.98 Å². The topological polar surface area (TPSA) is 157 Å². The Bertz CT molecular complexity index is 1720. The van der Waals surface area contributed by atoms with E-state index in [9.17, 15) is 19.2 Å². The third-order valence-electron chi connectivity index (χ3n) is 8.73. The molecule has 1 atom stereocenters. The monoisotopic (exact) mass is 577 g/mol. The third-order valence-corrected chi connectivity index (χ3v) is 8.73. The Hall–Kier alpha value is -4.93. The molecule has 11 nitrogen and oxygen atoms in total. The lowest BCUT2D eigenvalue weighted by Crippen LogP contribution is -2.54. The minimum atomic E-state index is -0.975. The zero-order valence-electron chi connectivity index (χ0n) is 23.4. The van der Waals surface area contributed by atoms with Gasteiger partial charge in [0.2, 0.25) is 11.8 Å². The van der Waals surface area contributed by atoms with E-state index in [2.05, 4.69) is 20.9 Å². The molecule has 3 fully saturated rings. The largest absolute Gasteiger partial charge is 0.388 e. The SMILES string of the molecule is N=C(/C(=C\NC1CC(CNc2ccc3c(c2)C(=O)N(C2CCC(=O)NC2=O)C3=O)C1)c1cnc2ccccc2n1)C1CC1. The molecule has 3 aromatic rings. The van der Waals surface area contributed by atoms with Crippen LogP contribution in [0, 0.1) is 17.2 Å². The van der Waals surface area contributed by atoms with Crippen LogP contribution in [0.25, 0.3) is 16.6 Å². The van der Waals surface area contributed by atoms with Crippen LogP contribution in [0.4, 0.5) is 5.69 Å². The molecular weight excluding hydrogens is 546 g/mol. The first-order chi connectivity index (χ1) is 20.9. The number of para-hydroxylation sites is 2. The average Bonchev–Trinajstić information content (AvgIpc) is 3.81. The Kier molecular flexibility index (Phi) is 6.72. The van der Waals surface area contributed by atoms with Crippen LogP contribution >= 0.6 is 0 Å². The lowest BCUT2D eigenvalue weighted by molar-refractivity contribution is -0.136. The summed E-state index contributed by atoms with van der Waals surface area (Å²) in [7, 11) is 0. The van der Waals surface area contributed by atoms with Crippen molar-refractivity contribution in [2.75, 3.05) is 11.9 Å². The number of carbonyl (C=O) groups excluding carboxylic acids is 4. The summed E-state index contributed by atoms with van der Waals surface area (Å²) in [5, 5.41) is 17.8. The molecule has 43 heavy (non-hydrogen) atoms. The molecule has 1 aromatic heterocycles. The van der Waals surface area contributed by atoms with Gasteiger partial charge in [-0.3, -0.25) is 34.4 Å². The van der Waals surface area contributed by atoms with Gasteiger partial charge < -0.3 is 16.0 Å². The maximum atomic E-state index is 13.1. The van der Waals surface area contributed by atoms with Gasteiger partial charge >= 0.3 is 0 Å². The molecule has 3 heterocycles. The van der Waals surface area contributed by atoms with Crippen LogP contribution in [0.3, 0.4) is 0 Å². The number of piperidine rings is 1. The summed E-state index contributed by atoms with van der Waals surface area (Å²) in [4.78, 5) is 60.1. The molecule has 4 aliphatic rings. The van der Waals surface area contributed by atoms with E-state index in [0.717, 1.165) is 52.9 Å². The average molecular weight is 578 g/mol. The number of benzene rings is 2. The Morgan fingerprint density at radius 3 is 2.53 bits per heavy atom. The summed E-state index contributed by atoms with van der Waals surface area (Å²) in [6.45, 7) is 0.709. The predicted octanol–water partition coefficient (Wildman–Crippen LogP) is 3.28. The molecule has 4 amide bonds. The number of nitrogens with one attached hydrogen (secondary N) is 4. The van der Waals surface area contributed by atoms with Crippen molar-refractivity contribution >= 4 is 51.6 Å². The van der Waals surface area contributed by atoms with E-state index in [0.29, 0.717) is 23.9 Å². The Balaban J connectivity index is 0.959. The number of hydrogen-bond acceptors (Lipinski definition) is 9. The smallest absolute Gasteiger partial charge is 0.262 e. The third kappa shape index (κ3) is 5.15. The van der Waals surface area contributed by atoms with Gasteiger partial charge in [0.25, 0.3) is 11.8 Å². The summed E-state index contributed by atoms with van der Waals surface area (Å²) in [6.07, 6.45) is 7.87. The highest BCUT2D eigenvalue weighted by Crippen LogP contribution is 2.36. The number of rotatable bonds is 9. The molecule has 2 aliphatic carbocycles. The zero-order chi connectivity index (χ0) is 29.7. The fraction of sp³-hybridized carbons (Fsp3) is 0.344. The van der Waals surface area contributed by atoms with Crippen molar-refractivity contribution < 1.29 is 19.2 Å². The van der Waals surface area contributed by atoms with Crippen LogP contribution in [0.15, 0.2) is 54.9 Å². The molecule has 7 rings (SSSR count). The number of amides is 4. The van der Waals surface area contributed by atoms with Crippen molar-refractivity contribution in [3.05, 3.63) is 71.7 Å². The summed E-state index contributed by atoms with van der Waals surface area (Å²) >= 11 is 0. The maximum absolute atomic E-state index is 13.1. The first-order valence-electron chi connectivity index (χ1n) is 14.7. The quantitative estimate of drug-likeness (QED) is 0.223. The Morgan fingerprint density at radius 1 is 1.00 bits per heavy atom. The molecule has 1 unspecified atom stereocenters. The predicted molar refractivity (Wildman–Crippen MR) is 159 cm³/mol. The number of anilines is 1. The number of fused-ring (bicyclic) bond motifs is 2. The van der Waals surface area contributed by atoms with E-state index < -0.39 is 29.7 Å². The lowest BCUT2D eigenvalue weighted by Gasteiger charge is -2.36. The molecule has 2 aromatic carbocycles. The highest BCUT2D eigenvalue weighted by atomic mass is 16.2. The molecule has 1 saturated heterocycles. The summed E-state index contributed by atoms with van der Waals surface area (Å²) in [5.74, 6) is -1.33. The highest BCUT2D eigenvalue weighted by molar-refractivity contribution is 6.24. The molecule has 0 bridgehead atoms. The Labute approximate surface area is 247 Å². The fourth-order valence-corrected chi connectivity index (χ4v) is 6.05. The van der Waals surface area contributed by atoms with Crippen LogP contribution < -0.4 is 16.0 Å². The van der Waals surface area contributed by atoms with E-state index >= 15 is 0 Å². The van der Waals surface area contributed by atoms with Gasteiger partial charge in [-0.05, 0) is 68.4 Å². The van der Waals surface area contributed by atoms with Crippen LogP contribution in [-0.4, -0.2) is 62.8 Å². The van der Waals surface area contributed by atoms with Crippen LogP contribution in [0.1, 0.15) is 64.9 Å².